The molecule has 0 radical (unpaired) electrons. The first-order valence-electron chi connectivity index (χ1n) is 5.45. The Morgan fingerprint density at radius 3 is 2.27 bits per heavy atom. The molecule has 15 heavy (non-hydrogen) atoms. The van der Waals surface area contributed by atoms with Crippen molar-refractivity contribution in [3.8, 4) is 5.75 Å². The van der Waals surface area contributed by atoms with Gasteiger partial charge in [0, 0.05) is 11.0 Å². The Morgan fingerprint density at radius 1 is 1.27 bits per heavy atom. The summed E-state index contributed by atoms with van der Waals surface area (Å²) in [6.45, 7) is 3.22. The third kappa shape index (κ3) is 1.43. The van der Waals surface area contributed by atoms with Gasteiger partial charge in [-0.25, -0.2) is 4.39 Å². The lowest BCUT2D eigenvalue weighted by Crippen LogP contribution is -2.49. The molecule has 0 bridgehead atoms. The zero-order valence-electron chi connectivity index (χ0n) is 9.26. The van der Waals surface area contributed by atoms with Gasteiger partial charge in [-0.05, 0) is 32.8 Å². The van der Waals surface area contributed by atoms with Crippen molar-refractivity contribution in [2.75, 3.05) is 0 Å². The number of benzene rings is 1. The van der Waals surface area contributed by atoms with E-state index in [0.717, 1.165) is 24.8 Å². The minimum Gasteiger partial charge on any atom is -0.508 e. The number of aromatic hydroxyl groups is 1. The van der Waals surface area contributed by atoms with Gasteiger partial charge in [-0.15, -0.1) is 0 Å². The van der Waals surface area contributed by atoms with E-state index in [2.05, 4.69) is 0 Å². The number of phenols is 1. The summed E-state index contributed by atoms with van der Waals surface area (Å²) in [4.78, 5) is 0. The average molecular weight is 208 g/mol. The van der Waals surface area contributed by atoms with Gasteiger partial charge in [0.15, 0.2) is 0 Å². The zero-order chi connectivity index (χ0) is 11.1. The second-order valence-electron chi connectivity index (χ2n) is 4.93. The second kappa shape index (κ2) is 3.22. The molecule has 1 aliphatic rings. The van der Waals surface area contributed by atoms with E-state index >= 15 is 0 Å². The van der Waals surface area contributed by atoms with Crippen LogP contribution in [0.15, 0.2) is 24.3 Å². The highest BCUT2D eigenvalue weighted by Crippen LogP contribution is 2.54. The largest absolute Gasteiger partial charge is 0.508 e. The molecule has 2 heteroatoms. The van der Waals surface area contributed by atoms with Gasteiger partial charge >= 0.3 is 0 Å². The molecule has 0 unspecified atom stereocenters. The first-order valence-corrected chi connectivity index (χ1v) is 5.45. The summed E-state index contributed by atoms with van der Waals surface area (Å²) in [6.07, 6.45) is 2.70. The van der Waals surface area contributed by atoms with Crippen LogP contribution in [0, 0.1) is 0 Å². The predicted molar refractivity (Wildman–Crippen MR) is 58.8 cm³/mol. The molecule has 1 saturated carbocycles. The summed E-state index contributed by atoms with van der Waals surface area (Å²) in [5.41, 5.74) is -0.980. The van der Waals surface area contributed by atoms with Gasteiger partial charge in [0.2, 0.25) is 0 Å². The topological polar surface area (TPSA) is 20.2 Å². The van der Waals surface area contributed by atoms with Crippen molar-refractivity contribution < 1.29 is 9.50 Å². The van der Waals surface area contributed by atoms with Crippen LogP contribution in [-0.4, -0.2) is 10.8 Å². The maximum atomic E-state index is 14.2. The molecule has 82 valence electrons. The molecule has 1 aliphatic carbocycles. The quantitative estimate of drug-likeness (QED) is 0.787. The van der Waals surface area contributed by atoms with Crippen LogP contribution < -0.4 is 0 Å². The van der Waals surface area contributed by atoms with E-state index in [9.17, 15) is 9.50 Å². The SMILES string of the molecule is CC(C)(F)C1(c2ccccc2O)CCC1. The summed E-state index contributed by atoms with van der Waals surface area (Å²) in [6, 6.07) is 7.12. The van der Waals surface area contributed by atoms with Crippen molar-refractivity contribution in [1.29, 1.82) is 0 Å². The van der Waals surface area contributed by atoms with E-state index in [4.69, 9.17) is 0 Å². The highest BCUT2D eigenvalue weighted by molar-refractivity contribution is 5.42. The Bertz CT molecular complexity index is 361. The molecule has 1 fully saturated rings. The van der Waals surface area contributed by atoms with Crippen molar-refractivity contribution in [2.45, 2.75) is 44.2 Å². The lowest BCUT2D eigenvalue weighted by Gasteiger charge is -2.49. The van der Waals surface area contributed by atoms with Gasteiger partial charge in [-0.3, -0.25) is 0 Å². The van der Waals surface area contributed by atoms with Crippen molar-refractivity contribution in [1.82, 2.24) is 0 Å². The van der Waals surface area contributed by atoms with Crippen molar-refractivity contribution in [3.63, 3.8) is 0 Å². The molecule has 1 aromatic carbocycles. The van der Waals surface area contributed by atoms with E-state index in [1.54, 1.807) is 26.0 Å². The van der Waals surface area contributed by atoms with E-state index < -0.39 is 11.1 Å². The molecular weight excluding hydrogens is 191 g/mol. The van der Waals surface area contributed by atoms with E-state index in [1.165, 1.54) is 0 Å². The van der Waals surface area contributed by atoms with Crippen LogP contribution in [0.25, 0.3) is 0 Å². The van der Waals surface area contributed by atoms with Crippen LogP contribution in [0.2, 0.25) is 0 Å². The van der Waals surface area contributed by atoms with Crippen LogP contribution in [-0.2, 0) is 5.41 Å². The number of phenolic OH excluding ortho intramolecular Hbond substituents is 1. The highest BCUT2D eigenvalue weighted by Gasteiger charge is 2.52. The minimum atomic E-state index is -1.27. The van der Waals surface area contributed by atoms with Crippen LogP contribution in [0.5, 0.6) is 5.75 Å². The summed E-state index contributed by atoms with van der Waals surface area (Å²) < 4.78 is 14.2. The Labute approximate surface area is 89.9 Å². The van der Waals surface area contributed by atoms with Crippen LogP contribution in [0.4, 0.5) is 4.39 Å². The maximum Gasteiger partial charge on any atom is 0.119 e. The Morgan fingerprint density at radius 2 is 1.87 bits per heavy atom. The monoisotopic (exact) mass is 208 g/mol. The molecule has 1 aromatic rings. The Balaban J connectivity index is 2.48. The lowest BCUT2D eigenvalue weighted by molar-refractivity contribution is 0.0250. The molecule has 0 aromatic heterocycles. The van der Waals surface area contributed by atoms with Crippen molar-refractivity contribution >= 4 is 0 Å². The molecule has 0 amide bonds. The third-order valence-corrected chi connectivity index (χ3v) is 3.76. The molecule has 1 N–H and O–H groups in total. The van der Waals surface area contributed by atoms with Gasteiger partial charge in [-0.1, -0.05) is 24.6 Å². The van der Waals surface area contributed by atoms with Crippen LogP contribution in [0.1, 0.15) is 38.7 Å². The third-order valence-electron chi connectivity index (χ3n) is 3.76. The van der Waals surface area contributed by atoms with Gasteiger partial charge in [0.1, 0.15) is 11.4 Å². The maximum absolute atomic E-state index is 14.2. The molecule has 0 saturated heterocycles. The predicted octanol–water partition coefficient (Wildman–Crippen LogP) is 3.56. The Kier molecular flexibility index (Phi) is 2.25. The molecular formula is C13H17FO. The molecule has 2 rings (SSSR count). The fourth-order valence-corrected chi connectivity index (χ4v) is 2.59. The fourth-order valence-electron chi connectivity index (χ4n) is 2.59. The van der Waals surface area contributed by atoms with Gasteiger partial charge in [-0.2, -0.15) is 0 Å². The number of para-hydroxylation sites is 1. The fraction of sp³-hybridized carbons (Fsp3) is 0.538. The number of rotatable bonds is 2. The zero-order valence-corrected chi connectivity index (χ0v) is 9.26. The summed E-state index contributed by atoms with van der Waals surface area (Å²) in [7, 11) is 0. The normalized spacial score (nSPS) is 19.7. The number of hydrogen-bond donors (Lipinski definition) is 1. The van der Waals surface area contributed by atoms with Crippen molar-refractivity contribution in [3.05, 3.63) is 29.8 Å². The standard InChI is InChI=1S/C13H17FO/c1-12(2,14)13(8-5-9-13)10-6-3-4-7-11(10)15/h3-4,6-7,15H,5,8-9H2,1-2H3. The highest BCUT2D eigenvalue weighted by atomic mass is 19.1. The summed E-state index contributed by atoms with van der Waals surface area (Å²) in [5.74, 6) is 0.225. The smallest absolute Gasteiger partial charge is 0.119 e. The minimum absolute atomic E-state index is 0.225. The Hall–Kier alpha value is -1.05. The van der Waals surface area contributed by atoms with Crippen LogP contribution in [0.3, 0.4) is 0 Å². The first kappa shape index (κ1) is 10.5. The van der Waals surface area contributed by atoms with E-state index in [1.807, 2.05) is 12.1 Å². The number of alkyl halides is 1. The first-order chi connectivity index (χ1) is 6.97. The molecule has 1 nitrogen and oxygen atoms in total. The van der Waals surface area contributed by atoms with Crippen LogP contribution >= 0.6 is 0 Å². The molecule has 0 atom stereocenters. The molecule has 0 heterocycles. The molecule has 0 aliphatic heterocycles. The molecule has 0 spiro atoms. The van der Waals surface area contributed by atoms with E-state index in [0.29, 0.717) is 0 Å². The second-order valence-corrected chi connectivity index (χ2v) is 4.93. The summed E-state index contributed by atoms with van der Waals surface area (Å²) >= 11 is 0. The van der Waals surface area contributed by atoms with Crippen molar-refractivity contribution in [2.24, 2.45) is 0 Å². The summed E-state index contributed by atoms with van der Waals surface area (Å²) in [5, 5.41) is 9.81. The van der Waals surface area contributed by atoms with Gasteiger partial charge in [0.25, 0.3) is 0 Å². The average Bonchev–Trinajstić information content (AvgIpc) is 2.03. The van der Waals surface area contributed by atoms with E-state index in [-0.39, 0.29) is 5.75 Å². The van der Waals surface area contributed by atoms with Gasteiger partial charge in [0.05, 0.1) is 0 Å². The van der Waals surface area contributed by atoms with Gasteiger partial charge < -0.3 is 5.11 Å². The lowest BCUT2D eigenvalue weighted by atomic mass is 9.57. The number of hydrogen-bond acceptors (Lipinski definition) is 1. The number of halogens is 1.